The van der Waals surface area contributed by atoms with Crippen molar-refractivity contribution in [2.24, 2.45) is 0 Å². The van der Waals surface area contributed by atoms with Gasteiger partial charge in [-0.1, -0.05) is 65.5 Å². The zero-order valence-electron chi connectivity index (χ0n) is 15.8. The van der Waals surface area contributed by atoms with E-state index in [2.05, 4.69) is 12.1 Å². The second-order valence-corrected chi connectivity index (χ2v) is 9.18. The zero-order valence-corrected chi connectivity index (χ0v) is 18.2. The number of halogens is 1. The molecular weight excluding hydrogens is 432 g/mol. The highest BCUT2D eigenvalue weighted by atomic mass is 35.5. The van der Waals surface area contributed by atoms with Crippen molar-refractivity contribution in [2.45, 2.75) is 19.6 Å². The minimum Gasteiger partial charge on any atom is -0.508 e. The molecule has 0 aliphatic heterocycles. The minimum atomic E-state index is -0.0374. The molecular formula is C25H17ClO2S2. The normalized spacial score (nSPS) is 10.7. The first-order valence-corrected chi connectivity index (χ1v) is 11.2. The van der Waals surface area contributed by atoms with Crippen molar-refractivity contribution in [1.82, 2.24) is 0 Å². The number of carbonyl (C=O) groups excluding carboxylic acids is 1. The molecule has 0 aromatic heterocycles. The van der Waals surface area contributed by atoms with Crippen LogP contribution in [0.2, 0.25) is 5.02 Å². The Hall–Kier alpha value is -2.66. The molecule has 0 aliphatic rings. The fourth-order valence-electron chi connectivity index (χ4n) is 2.83. The predicted octanol–water partition coefficient (Wildman–Crippen LogP) is 7.58. The Labute approximate surface area is 188 Å². The second kappa shape index (κ2) is 9.43. The van der Waals surface area contributed by atoms with Crippen molar-refractivity contribution in [3.05, 3.63) is 113 Å². The maximum atomic E-state index is 12.6. The Bertz CT molecular complexity index is 1160. The number of rotatable bonds is 6. The quantitative estimate of drug-likeness (QED) is 0.308. The number of phenolic OH excluding ortho intramolecular Hbond substituents is 1. The zero-order chi connectivity index (χ0) is 20.9. The Morgan fingerprint density at radius 2 is 1.23 bits per heavy atom. The smallest absolute Gasteiger partial charge is 0.193 e. The number of ketones is 1. The van der Waals surface area contributed by atoms with Crippen LogP contribution in [0.3, 0.4) is 0 Å². The number of hydrogen-bond donors (Lipinski definition) is 1. The minimum absolute atomic E-state index is 0.0374. The van der Waals surface area contributed by atoms with Crippen molar-refractivity contribution in [1.29, 1.82) is 0 Å². The summed E-state index contributed by atoms with van der Waals surface area (Å²) in [6.07, 6.45) is 0. The van der Waals surface area contributed by atoms with E-state index in [1.807, 2.05) is 54.6 Å². The van der Waals surface area contributed by atoms with Crippen molar-refractivity contribution in [2.75, 3.05) is 0 Å². The van der Waals surface area contributed by atoms with Gasteiger partial charge in [-0.05, 0) is 66.7 Å². The summed E-state index contributed by atoms with van der Waals surface area (Å²) in [6.45, 7) is 0. The summed E-state index contributed by atoms with van der Waals surface area (Å²) >= 11 is 9.66. The Balaban J connectivity index is 1.45. The lowest BCUT2D eigenvalue weighted by Crippen LogP contribution is -2.00. The second-order valence-electron chi connectivity index (χ2n) is 6.51. The molecule has 0 radical (unpaired) electrons. The number of phenols is 1. The van der Waals surface area contributed by atoms with Crippen molar-refractivity contribution in [3.63, 3.8) is 0 Å². The molecule has 0 amide bonds. The molecule has 1 N–H and O–H groups in total. The van der Waals surface area contributed by atoms with Gasteiger partial charge in [-0.25, -0.2) is 0 Å². The molecule has 0 atom stereocenters. The fourth-order valence-corrected chi connectivity index (χ4v) is 4.77. The average molecular weight is 449 g/mol. The number of benzene rings is 4. The SMILES string of the molecule is O=C(c1ccccc1)c1ccc(Sc2ccc(Sc3ccc(O)cc3)cc2)c(Cl)c1. The predicted molar refractivity (Wildman–Crippen MR) is 124 cm³/mol. The maximum Gasteiger partial charge on any atom is 0.193 e. The van der Waals surface area contributed by atoms with E-state index >= 15 is 0 Å². The van der Waals surface area contributed by atoms with Gasteiger partial charge in [-0.2, -0.15) is 0 Å². The molecule has 0 saturated heterocycles. The third-order valence-electron chi connectivity index (χ3n) is 4.35. The van der Waals surface area contributed by atoms with Crippen LogP contribution in [-0.4, -0.2) is 10.9 Å². The Kier molecular flexibility index (Phi) is 6.48. The molecule has 0 saturated carbocycles. The van der Waals surface area contributed by atoms with Gasteiger partial charge in [0.25, 0.3) is 0 Å². The van der Waals surface area contributed by atoms with Gasteiger partial charge in [0, 0.05) is 30.7 Å². The maximum absolute atomic E-state index is 12.6. The Morgan fingerprint density at radius 1 is 0.667 bits per heavy atom. The summed E-state index contributed by atoms with van der Waals surface area (Å²) in [4.78, 5) is 16.7. The van der Waals surface area contributed by atoms with Gasteiger partial charge >= 0.3 is 0 Å². The summed E-state index contributed by atoms with van der Waals surface area (Å²) < 4.78 is 0. The van der Waals surface area contributed by atoms with Crippen LogP contribution in [0.1, 0.15) is 15.9 Å². The number of carbonyl (C=O) groups is 1. The van der Waals surface area contributed by atoms with Crippen LogP contribution in [0.5, 0.6) is 5.75 Å². The lowest BCUT2D eigenvalue weighted by atomic mass is 10.0. The van der Waals surface area contributed by atoms with Crippen molar-refractivity contribution < 1.29 is 9.90 Å². The molecule has 4 aromatic carbocycles. The monoisotopic (exact) mass is 448 g/mol. The van der Waals surface area contributed by atoms with Gasteiger partial charge in [-0.3, -0.25) is 4.79 Å². The third kappa shape index (κ3) is 5.08. The largest absolute Gasteiger partial charge is 0.508 e. The number of aromatic hydroxyl groups is 1. The first-order valence-electron chi connectivity index (χ1n) is 9.22. The van der Waals surface area contributed by atoms with Crippen LogP contribution < -0.4 is 0 Å². The third-order valence-corrected chi connectivity index (χ3v) is 6.88. The molecule has 5 heteroatoms. The van der Waals surface area contributed by atoms with E-state index in [9.17, 15) is 9.90 Å². The molecule has 0 aliphatic carbocycles. The van der Waals surface area contributed by atoms with E-state index in [0.29, 0.717) is 16.1 Å². The highest BCUT2D eigenvalue weighted by Crippen LogP contribution is 2.36. The molecule has 30 heavy (non-hydrogen) atoms. The first kappa shape index (κ1) is 20.6. The van der Waals surface area contributed by atoms with Gasteiger partial charge in [-0.15, -0.1) is 0 Å². The standard InChI is InChI=1S/C25H17ClO2S2/c26-23-16-18(25(28)17-4-2-1-3-5-17)6-15-24(23)30-22-13-11-21(12-14-22)29-20-9-7-19(27)8-10-20/h1-16,27H. The van der Waals surface area contributed by atoms with E-state index in [4.69, 9.17) is 11.6 Å². The summed E-state index contributed by atoms with van der Waals surface area (Å²) in [6, 6.07) is 30.0. The average Bonchev–Trinajstić information content (AvgIpc) is 2.78. The fraction of sp³-hybridized carbons (Fsp3) is 0. The summed E-state index contributed by atoms with van der Waals surface area (Å²) in [5, 5.41) is 9.95. The molecule has 0 fully saturated rings. The highest BCUT2D eigenvalue weighted by molar-refractivity contribution is 7.99. The highest BCUT2D eigenvalue weighted by Gasteiger charge is 2.12. The molecule has 0 bridgehead atoms. The van der Waals surface area contributed by atoms with Crippen molar-refractivity contribution in [3.8, 4) is 5.75 Å². The molecule has 4 aromatic rings. The van der Waals surface area contributed by atoms with E-state index in [1.54, 1.807) is 53.9 Å². The van der Waals surface area contributed by atoms with Gasteiger partial charge < -0.3 is 5.11 Å². The van der Waals surface area contributed by atoms with Crippen LogP contribution in [0, 0.1) is 0 Å². The van der Waals surface area contributed by atoms with Crippen molar-refractivity contribution >= 4 is 40.9 Å². The van der Waals surface area contributed by atoms with E-state index in [0.717, 1.165) is 19.6 Å². The van der Waals surface area contributed by atoms with Gasteiger partial charge in [0.15, 0.2) is 5.78 Å². The summed E-state index contributed by atoms with van der Waals surface area (Å²) in [7, 11) is 0. The van der Waals surface area contributed by atoms with Crippen LogP contribution in [0.25, 0.3) is 0 Å². The van der Waals surface area contributed by atoms with Crippen LogP contribution >= 0.6 is 35.1 Å². The van der Waals surface area contributed by atoms with E-state index in [-0.39, 0.29) is 11.5 Å². The van der Waals surface area contributed by atoms with Crippen LogP contribution in [0.4, 0.5) is 0 Å². The summed E-state index contributed by atoms with van der Waals surface area (Å²) in [5.41, 5.74) is 1.23. The van der Waals surface area contributed by atoms with E-state index in [1.165, 1.54) is 0 Å². The molecule has 0 unspecified atom stereocenters. The number of hydrogen-bond acceptors (Lipinski definition) is 4. The molecule has 4 rings (SSSR count). The molecule has 0 heterocycles. The summed E-state index contributed by atoms with van der Waals surface area (Å²) in [5.74, 6) is 0.226. The van der Waals surface area contributed by atoms with Gasteiger partial charge in [0.05, 0.1) is 5.02 Å². The molecule has 2 nitrogen and oxygen atoms in total. The molecule has 148 valence electrons. The van der Waals surface area contributed by atoms with Crippen LogP contribution in [0.15, 0.2) is 117 Å². The van der Waals surface area contributed by atoms with Crippen LogP contribution in [-0.2, 0) is 0 Å². The molecule has 0 spiro atoms. The lowest BCUT2D eigenvalue weighted by molar-refractivity contribution is 0.103. The topological polar surface area (TPSA) is 37.3 Å². The van der Waals surface area contributed by atoms with Gasteiger partial charge in [0.1, 0.15) is 5.75 Å². The first-order chi connectivity index (χ1) is 14.6. The Morgan fingerprint density at radius 3 is 1.83 bits per heavy atom. The lowest BCUT2D eigenvalue weighted by Gasteiger charge is -2.08. The van der Waals surface area contributed by atoms with Gasteiger partial charge in [0.2, 0.25) is 0 Å². The van der Waals surface area contributed by atoms with E-state index < -0.39 is 0 Å².